The lowest BCUT2D eigenvalue weighted by Crippen LogP contribution is -2.24. The third-order valence-corrected chi connectivity index (χ3v) is 4.75. The van der Waals surface area contributed by atoms with E-state index in [0.29, 0.717) is 5.92 Å². The van der Waals surface area contributed by atoms with Gasteiger partial charge in [-0.2, -0.15) is 10.2 Å². The molecule has 1 aliphatic heterocycles. The Morgan fingerprint density at radius 2 is 1.90 bits per heavy atom. The summed E-state index contributed by atoms with van der Waals surface area (Å²) in [5.41, 5.74) is 6.26. The van der Waals surface area contributed by atoms with Gasteiger partial charge in [-0.05, 0) is 36.6 Å². The molecule has 4 rings (SSSR count). The van der Waals surface area contributed by atoms with Crippen LogP contribution in [0.3, 0.4) is 0 Å². The molecule has 1 fully saturated rings. The van der Waals surface area contributed by atoms with Gasteiger partial charge in [-0.1, -0.05) is 26.0 Å². The van der Waals surface area contributed by atoms with Crippen LogP contribution in [0.1, 0.15) is 43.9 Å². The molecule has 2 heterocycles. The van der Waals surface area contributed by atoms with Crippen molar-refractivity contribution in [3.8, 4) is 11.3 Å². The zero-order valence-corrected chi connectivity index (χ0v) is 12.9. The second-order valence-corrected chi connectivity index (χ2v) is 7.09. The molecule has 0 unspecified atom stereocenters. The molecule has 0 radical (unpaired) electrons. The minimum Gasteiger partial charge on any atom is -0.373 e. The first-order valence-corrected chi connectivity index (χ1v) is 7.74. The van der Waals surface area contributed by atoms with Gasteiger partial charge >= 0.3 is 0 Å². The molecule has 3 nitrogen and oxygen atoms in total. The van der Waals surface area contributed by atoms with Crippen molar-refractivity contribution in [2.75, 3.05) is 18.5 Å². The summed E-state index contributed by atoms with van der Waals surface area (Å²) >= 11 is 0. The summed E-state index contributed by atoms with van der Waals surface area (Å²) in [4.78, 5) is 2.34. The highest BCUT2D eigenvalue weighted by molar-refractivity contribution is 5.71. The van der Waals surface area contributed by atoms with Crippen molar-refractivity contribution >= 4 is 5.69 Å². The molecule has 1 aromatic carbocycles. The van der Waals surface area contributed by atoms with Gasteiger partial charge in [-0.3, -0.25) is 0 Å². The lowest BCUT2D eigenvalue weighted by molar-refractivity contribution is 0.563. The average molecular weight is 279 g/mol. The fraction of sp³-hybridized carbons (Fsp3) is 0.444. The van der Waals surface area contributed by atoms with Gasteiger partial charge in [0.1, 0.15) is 0 Å². The zero-order chi connectivity index (χ0) is 14.6. The third kappa shape index (κ3) is 2.11. The Morgan fingerprint density at radius 1 is 1.10 bits per heavy atom. The van der Waals surface area contributed by atoms with Gasteiger partial charge in [0.25, 0.3) is 0 Å². The van der Waals surface area contributed by atoms with Gasteiger partial charge in [-0.25, -0.2) is 0 Å². The van der Waals surface area contributed by atoms with Crippen molar-refractivity contribution in [1.29, 1.82) is 0 Å². The van der Waals surface area contributed by atoms with E-state index in [1.54, 1.807) is 0 Å². The summed E-state index contributed by atoms with van der Waals surface area (Å²) in [6, 6.07) is 10.9. The van der Waals surface area contributed by atoms with Gasteiger partial charge in [0, 0.05) is 36.2 Å². The van der Waals surface area contributed by atoms with Crippen LogP contribution in [0.5, 0.6) is 0 Å². The van der Waals surface area contributed by atoms with Crippen LogP contribution >= 0.6 is 0 Å². The average Bonchev–Trinajstić information content (AvgIpc) is 3.28. The van der Waals surface area contributed by atoms with E-state index < -0.39 is 0 Å². The second kappa shape index (κ2) is 4.30. The summed E-state index contributed by atoms with van der Waals surface area (Å²) < 4.78 is 0. The van der Waals surface area contributed by atoms with Crippen LogP contribution in [0.4, 0.5) is 5.69 Å². The Morgan fingerprint density at radius 3 is 2.57 bits per heavy atom. The van der Waals surface area contributed by atoms with Crippen LogP contribution in [0, 0.1) is 0 Å². The van der Waals surface area contributed by atoms with Crippen LogP contribution < -0.4 is 4.90 Å². The summed E-state index contributed by atoms with van der Waals surface area (Å²) in [5.74, 6) is 0.665. The second-order valence-electron chi connectivity index (χ2n) is 7.09. The predicted molar refractivity (Wildman–Crippen MR) is 85.7 cm³/mol. The fourth-order valence-electron chi connectivity index (χ4n) is 3.44. The van der Waals surface area contributed by atoms with E-state index in [-0.39, 0.29) is 5.41 Å². The molecule has 2 aliphatic rings. The third-order valence-electron chi connectivity index (χ3n) is 4.75. The highest BCUT2D eigenvalue weighted by Gasteiger charge is 2.33. The first-order valence-electron chi connectivity index (χ1n) is 7.74. The van der Waals surface area contributed by atoms with E-state index in [2.05, 4.69) is 66.3 Å². The van der Waals surface area contributed by atoms with Gasteiger partial charge < -0.3 is 4.90 Å². The van der Waals surface area contributed by atoms with Gasteiger partial charge in [-0.15, -0.1) is 0 Å². The number of aromatic nitrogens is 2. The molecule has 21 heavy (non-hydrogen) atoms. The van der Waals surface area contributed by atoms with Crippen LogP contribution in [-0.2, 0) is 5.41 Å². The number of anilines is 1. The van der Waals surface area contributed by atoms with Crippen LogP contribution in [0.25, 0.3) is 11.3 Å². The minimum absolute atomic E-state index is 0.226. The number of rotatable bonds is 2. The minimum atomic E-state index is 0.226. The fourth-order valence-corrected chi connectivity index (χ4v) is 3.44. The SMILES string of the molecule is CN1CC(C)(C)c2ccc(-c3ccc(C4CC4)nn3)cc21. The highest BCUT2D eigenvalue weighted by atomic mass is 15.1. The number of hydrogen-bond acceptors (Lipinski definition) is 3. The van der Waals surface area contributed by atoms with E-state index >= 15 is 0 Å². The monoisotopic (exact) mass is 279 g/mol. The van der Waals surface area contributed by atoms with Crippen molar-refractivity contribution < 1.29 is 0 Å². The highest BCUT2D eigenvalue weighted by Crippen LogP contribution is 2.42. The largest absolute Gasteiger partial charge is 0.373 e. The molecule has 0 bridgehead atoms. The van der Waals surface area contributed by atoms with Crippen molar-refractivity contribution in [2.24, 2.45) is 0 Å². The Balaban J connectivity index is 1.71. The first kappa shape index (κ1) is 12.8. The summed E-state index contributed by atoms with van der Waals surface area (Å²) in [7, 11) is 2.17. The van der Waals surface area contributed by atoms with Crippen LogP contribution in [0.2, 0.25) is 0 Å². The normalized spacial score (nSPS) is 19.7. The molecular formula is C18H21N3. The van der Waals surface area contributed by atoms with E-state index in [1.165, 1.54) is 24.1 Å². The molecule has 0 spiro atoms. The Bertz CT molecular complexity index is 684. The molecule has 108 valence electrons. The van der Waals surface area contributed by atoms with E-state index in [0.717, 1.165) is 23.5 Å². The van der Waals surface area contributed by atoms with Gasteiger partial charge in [0.15, 0.2) is 0 Å². The van der Waals surface area contributed by atoms with Gasteiger partial charge in [0.05, 0.1) is 11.4 Å². The molecule has 1 saturated carbocycles. The smallest absolute Gasteiger partial charge is 0.0930 e. The maximum atomic E-state index is 4.43. The zero-order valence-electron chi connectivity index (χ0n) is 12.9. The molecule has 0 saturated heterocycles. The number of fused-ring (bicyclic) bond motifs is 1. The molecule has 0 N–H and O–H groups in total. The van der Waals surface area contributed by atoms with E-state index in [4.69, 9.17) is 0 Å². The number of hydrogen-bond donors (Lipinski definition) is 0. The Labute approximate surface area is 126 Å². The molecule has 0 atom stereocenters. The van der Waals surface area contributed by atoms with Gasteiger partial charge in [0.2, 0.25) is 0 Å². The summed E-state index contributed by atoms with van der Waals surface area (Å²) in [6.45, 7) is 5.68. The summed E-state index contributed by atoms with van der Waals surface area (Å²) in [6.07, 6.45) is 2.54. The number of benzene rings is 1. The van der Waals surface area contributed by atoms with Crippen molar-refractivity contribution in [1.82, 2.24) is 10.2 Å². The van der Waals surface area contributed by atoms with Crippen molar-refractivity contribution in [2.45, 2.75) is 38.0 Å². The van der Waals surface area contributed by atoms with Crippen LogP contribution in [-0.4, -0.2) is 23.8 Å². The first-order chi connectivity index (χ1) is 10.0. The maximum absolute atomic E-state index is 4.43. The van der Waals surface area contributed by atoms with Crippen molar-refractivity contribution in [3.63, 3.8) is 0 Å². The molecule has 1 aromatic heterocycles. The number of nitrogens with zero attached hydrogens (tertiary/aromatic N) is 3. The molecule has 1 aliphatic carbocycles. The molecular weight excluding hydrogens is 258 g/mol. The topological polar surface area (TPSA) is 29.0 Å². The molecule has 2 aromatic rings. The Kier molecular flexibility index (Phi) is 2.62. The lowest BCUT2D eigenvalue weighted by atomic mass is 9.86. The quantitative estimate of drug-likeness (QED) is 0.838. The predicted octanol–water partition coefficient (Wildman–Crippen LogP) is 3.75. The lowest BCUT2D eigenvalue weighted by Gasteiger charge is -2.18. The Hall–Kier alpha value is -1.90. The summed E-state index contributed by atoms with van der Waals surface area (Å²) in [5, 5.41) is 8.82. The number of likely N-dealkylation sites (N-methyl/N-ethyl adjacent to an activating group) is 1. The standard InChI is InChI=1S/C18H21N3/c1-18(2)11-21(3)17-10-13(6-7-14(17)18)16-9-8-15(19-20-16)12-4-5-12/h6-10,12H,4-5,11H2,1-3H3. The van der Waals surface area contributed by atoms with E-state index in [1.807, 2.05) is 0 Å². The molecule has 3 heteroatoms. The molecule has 0 amide bonds. The van der Waals surface area contributed by atoms with E-state index in [9.17, 15) is 0 Å². The van der Waals surface area contributed by atoms with Crippen molar-refractivity contribution in [3.05, 3.63) is 41.6 Å². The maximum Gasteiger partial charge on any atom is 0.0930 e. The van der Waals surface area contributed by atoms with Crippen LogP contribution in [0.15, 0.2) is 30.3 Å².